The molecule has 0 radical (unpaired) electrons. The fourth-order valence-corrected chi connectivity index (χ4v) is 0.815. The molecule has 0 saturated carbocycles. The Morgan fingerprint density at radius 2 is 1.69 bits per heavy atom. The molecule has 0 fully saturated rings. The highest BCUT2D eigenvalue weighted by Gasteiger charge is 2.50. The van der Waals surface area contributed by atoms with Crippen molar-refractivity contribution in [2.75, 3.05) is 13.1 Å². The molecular formula is C7H11F4NO. The van der Waals surface area contributed by atoms with Crippen molar-refractivity contribution in [1.29, 1.82) is 0 Å². The van der Waals surface area contributed by atoms with Crippen molar-refractivity contribution in [3.05, 3.63) is 0 Å². The SMILES string of the molecule is CCN(CC)C(=O)C(F)(F)C(F)F. The van der Waals surface area contributed by atoms with E-state index in [1.165, 1.54) is 13.8 Å². The molecule has 0 aromatic heterocycles. The van der Waals surface area contributed by atoms with E-state index >= 15 is 0 Å². The smallest absolute Gasteiger partial charge is 0.338 e. The molecule has 0 heterocycles. The van der Waals surface area contributed by atoms with Crippen LogP contribution < -0.4 is 0 Å². The number of carbonyl (C=O) groups excluding carboxylic acids is 1. The number of amides is 1. The van der Waals surface area contributed by atoms with Gasteiger partial charge < -0.3 is 4.90 Å². The molecule has 0 aliphatic rings. The molecule has 0 aromatic carbocycles. The standard InChI is InChI=1S/C7H11F4NO/c1-3-12(4-2)6(13)7(10,11)5(8)9/h5H,3-4H2,1-2H3. The quantitative estimate of drug-likeness (QED) is 0.634. The highest BCUT2D eigenvalue weighted by molar-refractivity contribution is 5.83. The highest BCUT2D eigenvalue weighted by atomic mass is 19.3. The first-order valence-corrected chi connectivity index (χ1v) is 3.83. The van der Waals surface area contributed by atoms with E-state index in [-0.39, 0.29) is 13.1 Å². The lowest BCUT2D eigenvalue weighted by Crippen LogP contribution is -2.47. The molecule has 0 saturated heterocycles. The normalized spacial score (nSPS) is 11.9. The minimum atomic E-state index is -4.56. The van der Waals surface area contributed by atoms with E-state index in [9.17, 15) is 22.4 Å². The average Bonchev–Trinajstić information content (AvgIpc) is 2.06. The first-order valence-electron chi connectivity index (χ1n) is 3.83. The van der Waals surface area contributed by atoms with Gasteiger partial charge in [-0.3, -0.25) is 4.79 Å². The Hall–Kier alpha value is -0.810. The van der Waals surface area contributed by atoms with E-state index in [0.717, 1.165) is 0 Å². The number of alkyl halides is 4. The van der Waals surface area contributed by atoms with Gasteiger partial charge in [0.05, 0.1) is 0 Å². The molecule has 0 aliphatic carbocycles. The monoisotopic (exact) mass is 201 g/mol. The molecule has 2 nitrogen and oxygen atoms in total. The Bertz CT molecular complexity index is 179. The summed E-state index contributed by atoms with van der Waals surface area (Å²) in [5.74, 6) is -6.38. The van der Waals surface area contributed by atoms with Gasteiger partial charge in [0.1, 0.15) is 0 Å². The van der Waals surface area contributed by atoms with Crippen molar-refractivity contribution >= 4 is 5.91 Å². The van der Waals surface area contributed by atoms with Crippen LogP contribution in [0.3, 0.4) is 0 Å². The predicted octanol–water partition coefficient (Wildman–Crippen LogP) is 1.76. The Morgan fingerprint density at radius 3 is 1.92 bits per heavy atom. The molecule has 6 heteroatoms. The van der Waals surface area contributed by atoms with Crippen LogP contribution in [0.4, 0.5) is 17.6 Å². The third-order valence-corrected chi connectivity index (χ3v) is 1.61. The van der Waals surface area contributed by atoms with Crippen LogP contribution in [0.5, 0.6) is 0 Å². The number of hydrogen-bond acceptors (Lipinski definition) is 1. The summed E-state index contributed by atoms with van der Waals surface area (Å²) in [7, 11) is 0. The molecule has 0 atom stereocenters. The zero-order valence-corrected chi connectivity index (χ0v) is 7.36. The zero-order chi connectivity index (χ0) is 10.6. The summed E-state index contributed by atoms with van der Waals surface area (Å²) in [4.78, 5) is 11.4. The number of nitrogens with zero attached hydrogens (tertiary/aromatic N) is 1. The predicted molar refractivity (Wildman–Crippen MR) is 38.9 cm³/mol. The molecule has 0 unspecified atom stereocenters. The summed E-state index contributed by atoms with van der Waals surface area (Å²) in [6.07, 6.45) is -3.94. The van der Waals surface area contributed by atoms with Crippen LogP contribution in [0.15, 0.2) is 0 Å². The van der Waals surface area contributed by atoms with Gasteiger partial charge in [0.25, 0.3) is 5.91 Å². The van der Waals surface area contributed by atoms with E-state index in [1.807, 2.05) is 0 Å². The van der Waals surface area contributed by atoms with Gasteiger partial charge in [-0.1, -0.05) is 0 Å². The second kappa shape index (κ2) is 4.43. The van der Waals surface area contributed by atoms with Crippen molar-refractivity contribution in [3.63, 3.8) is 0 Å². The summed E-state index contributed by atoms with van der Waals surface area (Å²) in [5, 5.41) is 0. The molecule has 0 aromatic rings. The molecule has 0 rings (SSSR count). The first-order chi connectivity index (χ1) is 5.87. The maximum Gasteiger partial charge on any atom is 0.383 e. The van der Waals surface area contributed by atoms with Gasteiger partial charge >= 0.3 is 12.3 Å². The lowest BCUT2D eigenvalue weighted by molar-refractivity contribution is -0.180. The first kappa shape index (κ1) is 12.2. The molecular weight excluding hydrogens is 190 g/mol. The largest absolute Gasteiger partial charge is 0.383 e. The van der Waals surface area contributed by atoms with Gasteiger partial charge in [0, 0.05) is 13.1 Å². The fourth-order valence-electron chi connectivity index (χ4n) is 0.815. The maximum absolute atomic E-state index is 12.4. The van der Waals surface area contributed by atoms with Crippen molar-refractivity contribution in [2.24, 2.45) is 0 Å². The van der Waals surface area contributed by atoms with E-state index < -0.39 is 18.3 Å². The molecule has 0 bridgehead atoms. The summed E-state index contributed by atoms with van der Waals surface area (Å²) in [6.45, 7) is 2.89. The van der Waals surface area contributed by atoms with Crippen LogP contribution in [0, 0.1) is 0 Å². The molecule has 0 aliphatic heterocycles. The number of rotatable bonds is 4. The van der Waals surface area contributed by atoms with Gasteiger partial charge in [0.15, 0.2) is 0 Å². The van der Waals surface area contributed by atoms with Crippen LogP contribution in [-0.4, -0.2) is 36.2 Å². The van der Waals surface area contributed by atoms with Crippen LogP contribution in [0.1, 0.15) is 13.8 Å². The molecule has 13 heavy (non-hydrogen) atoms. The van der Waals surface area contributed by atoms with Gasteiger partial charge in [0.2, 0.25) is 0 Å². The van der Waals surface area contributed by atoms with Crippen molar-refractivity contribution < 1.29 is 22.4 Å². The van der Waals surface area contributed by atoms with E-state index in [1.54, 1.807) is 0 Å². The second-order valence-corrected chi connectivity index (χ2v) is 2.40. The third kappa shape index (κ3) is 2.57. The average molecular weight is 201 g/mol. The lowest BCUT2D eigenvalue weighted by atomic mass is 10.3. The van der Waals surface area contributed by atoms with Crippen molar-refractivity contribution in [1.82, 2.24) is 4.90 Å². The van der Waals surface area contributed by atoms with E-state index in [2.05, 4.69) is 0 Å². The zero-order valence-electron chi connectivity index (χ0n) is 7.36. The minimum Gasteiger partial charge on any atom is -0.338 e. The van der Waals surface area contributed by atoms with Crippen molar-refractivity contribution in [2.45, 2.75) is 26.2 Å². The van der Waals surface area contributed by atoms with Crippen LogP contribution in [0.2, 0.25) is 0 Å². The van der Waals surface area contributed by atoms with Gasteiger partial charge in [-0.05, 0) is 13.8 Å². The third-order valence-electron chi connectivity index (χ3n) is 1.61. The maximum atomic E-state index is 12.4. The topological polar surface area (TPSA) is 20.3 Å². The second-order valence-electron chi connectivity index (χ2n) is 2.40. The molecule has 78 valence electrons. The number of hydrogen-bond donors (Lipinski definition) is 0. The molecule has 0 spiro atoms. The minimum absolute atomic E-state index is 0.00234. The van der Waals surface area contributed by atoms with Gasteiger partial charge in [-0.15, -0.1) is 0 Å². The van der Waals surface area contributed by atoms with E-state index in [0.29, 0.717) is 4.90 Å². The number of halogens is 4. The highest BCUT2D eigenvalue weighted by Crippen LogP contribution is 2.25. The lowest BCUT2D eigenvalue weighted by Gasteiger charge is -2.23. The van der Waals surface area contributed by atoms with Crippen LogP contribution in [0.25, 0.3) is 0 Å². The molecule has 1 amide bonds. The summed E-state index contributed by atoms with van der Waals surface area (Å²) >= 11 is 0. The Balaban J connectivity index is 4.56. The fraction of sp³-hybridized carbons (Fsp3) is 0.857. The summed E-state index contributed by atoms with van der Waals surface area (Å²) < 4.78 is 48.2. The van der Waals surface area contributed by atoms with Gasteiger partial charge in [-0.2, -0.15) is 8.78 Å². The Morgan fingerprint density at radius 1 is 1.31 bits per heavy atom. The Kier molecular flexibility index (Phi) is 4.16. The van der Waals surface area contributed by atoms with Crippen LogP contribution >= 0.6 is 0 Å². The van der Waals surface area contributed by atoms with Gasteiger partial charge in [-0.25, -0.2) is 8.78 Å². The molecule has 0 N–H and O–H groups in total. The summed E-state index contributed by atoms with van der Waals surface area (Å²) in [6, 6.07) is 0. The summed E-state index contributed by atoms with van der Waals surface area (Å²) in [5.41, 5.74) is 0. The number of carbonyl (C=O) groups is 1. The van der Waals surface area contributed by atoms with Crippen molar-refractivity contribution in [3.8, 4) is 0 Å². The van der Waals surface area contributed by atoms with Crippen LogP contribution in [-0.2, 0) is 4.79 Å². The Labute approximate surface area is 73.5 Å². The van der Waals surface area contributed by atoms with E-state index in [4.69, 9.17) is 0 Å².